The lowest BCUT2D eigenvalue weighted by molar-refractivity contribution is 0.0942. The Morgan fingerprint density at radius 3 is 2.38 bits per heavy atom. The van der Waals surface area contributed by atoms with Crippen LogP contribution in [0.1, 0.15) is 21.6 Å². The molecule has 6 heteroatoms. The van der Waals surface area contributed by atoms with E-state index in [1.807, 2.05) is 36.4 Å². The maximum Gasteiger partial charge on any atom is 0.270 e. The van der Waals surface area contributed by atoms with Crippen molar-refractivity contribution in [3.63, 3.8) is 0 Å². The second kappa shape index (κ2) is 9.59. The van der Waals surface area contributed by atoms with Gasteiger partial charge in [0.1, 0.15) is 23.8 Å². The van der Waals surface area contributed by atoms with Crippen LogP contribution < -0.4 is 20.1 Å². The van der Waals surface area contributed by atoms with Crippen molar-refractivity contribution in [2.24, 2.45) is 0 Å². The number of ether oxygens (including phenoxy) is 2. The first-order chi connectivity index (χ1) is 14.0. The van der Waals surface area contributed by atoms with Crippen molar-refractivity contribution in [1.82, 2.24) is 10.3 Å². The number of rotatable bonds is 8. The number of aryl methyl sites for hydroxylation is 2. The topological polar surface area (TPSA) is 72.5 Å². The van der Waals surface area contributed by atoms with Gasteiger partial charge in [-0.15, -0.1) is 0 Å². The summed E-state index contributed by atoms with van der Waals surface area (Å²) in [6, 6.07) is 17.0. The third-order valence-corrected chi connectivity index (χ3v) is 4.50. The molecule has 0 saturated heterocycles. The quantitative estimate of drug-likeness (QED) is 0.562. The molecule has 0 radical (unpaired) electrons. The van der Waals surface area contributed by atoms with Gasteiger partial charge >= 0.3 is 0 Å². The molecule has 0 saturated carbocycles. The fourth-order valence-corrected chi connectivity index (χ4v) is 2.71. The molecule has 0 aliphatic rings. The van der Waals surface area contributed by atoms with Crippen LogP contribution in [0.3, 0.4) is 0 Å². The van der Waals surface area contributed by atoms with Gasteiger partial charge in [0, 0.05) is 17.6 Å². The number of pyridine rings is 1. The summed E-state index contributed by atoms with van der Waals surface area (Å²) in [5, 5.41) is 6.13. The molecule has 0 aliphatic carbocycles. The molecule has 0 atom stereocenters. The van der Waals surface area contributed by atoms with E-state index in [0.717, 1.165) is 22.9 Å². The molecule has 3 rings (SSSR count). The zero-order valence-corrected chi connectivity index (χ0v) is 16.9. The maximum absolute atomic E-state index is 12.4. The molecule has 3 aromatic rings. The number of benzene rings is 2. The molecule has 0 spiro atoms. The Hall–Kier alpha value is -3.54. The minimum absolute atomic E-state index is 0.243. The smallest absolute Gasteiger partial charge is 0.270 e. The summed E-state index contributed by atoms with van der Waals surface area (Å²) in [7, 11) is 1.62. The molecule has 1 amide bonds. The number of methoxy groups -OCH3 is 1. The lowest BCUT2D eigenvalue weighted by Gasteiger charge is -2.10. The largest absolute Gasteiger partial charge is 0.497 e. The van der Waals surface area contributed by atoms with Crippen LogP contribution >= 0.6 is 0 Å². The summed E-state index contributed by atoms with van der Waals surface area (Å²) in [6.45, 7) is 4.88. The molecular weight excluding hydrogens is 366 g/mol. The van der Waals surface area contributed by atoms with Crippen molar-refractivity contribution >= 4 is 17.3 Å². The lowest BCUT2D eigenvalue weighted by atomic mass is 10.1. The lowest BCUT2D eigenvalue weighted by Crippen LogP contribution is -2.28. The predicted molar refractivity (Wildman–Crippen MR) is 114 cm³/mol. The van der Waals surface area contributed by atoms with Gasteiger partial charge in [-0.05, 0) is 73.5 Å². The molecule has 150 valence electrons. The monoisotopic (exact) mass is 391 g/mol. The summed E-state index contributed by atoms with van der Waals surface area (Å²) in [5.74, 6) is 1.25. The van der Waals surface area contributed by atoms with Gasteiger partial charge < -0.3 is 20.1 Å². The third kappa shape index (κ3) is 5.72. The Kier molecular flexibility index (Phi) is 6.68. The zero-order chi connectivity index (χ0) is 20.6. The number of hydrogen-bond acceptors (Lipinski definition) is 5. The Morgan fingerprint density at radius 1 is 0.931 bits per heavy atom. The fourth-order valence-electron chi connectivity index (χ4n) is 2.71. The molecule has 1 aromatic heterocycles. The minimum atomic E-state index is -0.243. The first-order valence-electron chi connectivity index (χ1n) is 9.40. The number of anilines is 2. The standard InChI is InChI=1S/C23H25N3O3/c1-16-4-5-18(14-17(16)2)26-19-10-11-24-22(15-19)23(27)25-12-13-29-21-8-6-20(28-3)7-9-21/h4-11,14-15H,12-13H2,1-3H3,(H,24,26)(H,25,27). The van der Waals surface area contributed by atoms with Gasteiger partial charge in [-0.1, -0.05) is 6.07 Å². The van der Waals surface area contributed by atoms with E-state index >= 15 is 0 Å². The highest BCUT2D eigenvalue weighted by Gasteiger charge is 2.08. The van der Waals surface area contributed by atoms with Crippen molar-refractivity contribution in [1.29, 1.82) is 0 Å². The second-order valence-corrected chi connectivity index (χ2v) is 6.63. The molecule has 0 fully saturated rings. The average Bonchev–Trinajstić information content (AvgIpc) is 2.74. The van der Waals surface area contributed by atoms with Gasteiger partial charge in [0.2, 0.25) is 0 Å². The molecule has 1 heterocycles. The van der Waals surface area contributed by atoms with Crippen LogP contribution in [0.15, 0.2) is 60.8 Å². The SMILES string of the molecule is COc1ccc(OCCNC(=O)c2cc(Nc3ccc(C)c(C)c3)ccn2)cc1. The van der Waals surface area contributed by atoms with Gasteiger partial charge in [0.15, 0.2) is 0 Å². The van der Waals surface area contributed by atoms with E-state index in [-0.39, 0.29) is 5.91 Å². The highest BCUT2D eigenvalue weighted by Crippen LogP contribution is 2.20. The van der Waals surface area contributed by atoms with E-state index < -0.39 is 0 Å². The third-order valence-electron chi connectivity index (χ3n) is 4.50. The normalized spacial score (nSPS) is 10.3. The van der Waals surface area contributed by atoms with Gasteiger partial charge in [0.05, 0.1) is 13.7 Å². The first-order valence-corrected chi connectivity index (χ1v) is 9.40. The maximum atomic E-state index is 12.4. The summed E-state index contributed by atoms with van der Waals surface area (Å²) in [5.41, 5.74) is 4.57. The predicted octanol–water partition coefficient (Wildman–Crippen LogP) is 4.26. The Labute approximate surface area is 170 Å². The van der Waals surface area contributed by atoms with E-state index in [4.69, 9.17) is 9.47 Å². The van der Waals surface area contributed by atoms with Crippen molar-refractivity contribution in [2.45, 2.75) is 13.8 Å². The molecule has 6 nitrogen and oxygen atoms in total. The number of hydrogen-bond donors (Lipinski definition) is 2. The van der Waals surface area contributed by atoms with Crippen LogP contribution in [0.5, 0.6) is 11.5 Å². The van der Waals surface area contributed by atoms with Gasteiger partial charge in [-0.2, -0.15) is 0 Å². The average molecular weight is 391 g/mol. The Morgan fingerprint density at radius 2 is 1.66 bits per heavy atom. The van der Waals surface area contributed by atoms with Gasteiger partial charge in [-0.3, -0.25) is 9.78 Å². The van der Waals surface area contributed by atoms with Crippen LogP contribution in [0.25, 0.3) is 0 Å². The number of amides is 1. The highest BCUT2D eigenvalue weighted by molar-refractivity contribution is 5.93. The number of nitrogens with one attached hydrogen (secondary N) is 2. The van der Waals surface area contributed by atoms with E-state index in [9.17, 15) is 4.79 Å². The fraction of sp³-hybridized carbons (Fsp3) is 0.217. The molecular formula is C23H25N3O3. The number of carbonyl (C=O) groups is 1. The summed E-state index contributed by atoms with van der Waals surface area (Å²) < 4.78 is 10.7. The summed E-state index contributed by atoms with van der Waals surface area (Å²) >= 11 is 0. The second-order valence-electron chi connectivity index (χ2n) is 6.63. The molecule has 29 heavy (non-hydrogen) atoms. The number of carbonyl (C=O) groups excluding carboxylic acids is 1. The zero-order valence-electron chi connectivity index (χ0n) is 16.9. The van der Waals surface area contributed by atoms with E-state index in [1.54, 1.807) is 19.4 Å². The van der Waals surface area contributed by atoms with Gasteiger partial charge in [0.25, 0.3) is 5.91 Å². The summed E-state index contributed by atoms with van der Waals surface area (Å²) in [6.07, 6.45) is 1.62. The molecule has 0 bridgehead atoms. The first kappa shape index (κ1) is 20.2. The number of nitrogens with zero attached hydrogens (tertiary/aromatic N) is 1. The van der Waals surface area contributed by atoms with Crippen molar-refractivity contribution in [2.75, 3.05) is 25.6 Å². The van der Waals surface area contributed by atoms with Crippen LogP contribution in [0, 0.1) is 13.8 Å². The molecule has 0 aliphatic heterocycles. The van der Waals surface area contributed by atoms with Gasteiger partial charge in [-0.25, -0.2) is 0 Å². The van der Waals surface area contributed by atoms with E-state index in [2.05, 4.69) is 41.6 Å². The summed E-state index contributed by atoms with van der Waals surface area (Å²) in [4.78, 5) is 16.5. The molecule has 2 N–H and O–H groups in total. The van der Waals surface area contributed by atoms with Crippen molar-refractivity contribution in [3.05, 3.63) is 77.6 Å². The van der Waals surface area contributed by atoms with Crippen LogP contribution in [-0.2, 0) is 0 Å². The van der Waals surface area contributed by atoms with E-state index in [0.29, 0.717) is 18.8 Å². The highest BCUT2D eigenvalue weighted by atomic mass is 16.5. The Balaban J connectivity index is 1.51. The van der Waals surface area contributed by atoms with Crippen molar-refractivity contribution in [3.8, 4) is 11.5 Å². The number of aromatic nitrogens is 1. The van der Waals surface area contributed by atoms with Crippen molar-refractivity contribution < 1.29 is 14.3 Å². The van der Waals surface area contributed by atoms with Crippen LogP contribution in [0.2, 0.25) is 0 Å². The Bertz CT molecular complexity index is 971. The van der Waals surface area contributed by atoms with Crippen LogP contribution in [-0.4, -0.2) is 31.2 Å². The molecule has 0 unspecified atom stereocenters. The molecule has 2 aromatic carbocycles. The minimum Gasteiger partial charge on any atom is -0.497 e. The van der Waals surface area contributed by atoms with Crippen LogP contribution in [0.4, 0.5) is 11.4 Å². The van der Waals surface area contributed by atoms with E-state index in [1.165, 1.54) is 11.1 Å².